The van der Waals surface area contributed by atoms with Crippen molar-refractivity contribution in [3.8, 4) is 0 Å². The van der Waals surface area contributed by atoms with Gasteiger partial charge in [-0.05, 0) is 52.8 Å². The quantitative estimate of drug-likeness (QED) is 0.225. The fourth-order valence-electron chi connectivity index (χ4n) is 4.49. The zero-order valence-corrected chi connectivity index (χ0v) is 25.1. The first-order valence-electron chi connectivity index (χ1n) is 14.1. The number of ether oxygens (including phenoxy) is 1. The van der Waals surface area contributed by atoms with E-state index in [-0.39, 0.29) is 29.6 Å². The molecule has 0 heterocycles. The molecule has 1 N–H and O–H groups in total. The standard InChI is InChI=1S/C32H49NO3S/c1-9-10-16-31(34)25(8)30(17-18-36-21-26-14-12-11-13-15-26)33-37(35)32-28(23(4)5)19-27(22(2)3)20-29(32)24(6)7/h11-15,19-20,22-25,30,33H,9-10,16-18,21H2,1-8H3/t25-,30+,37+/m0/s1. The van der Waals surface area contributed by atoms with E-state index in [1.54, 1.807) is 0 Å². The second kappa shape index (κ2) is 15.6. The molecule has 0 saturated carbocycles. The lowest BCUT2D eigenvalue weighted by Crippen LogP contribution is -2.41. The summed E-state index contributed by atoms with van der Waals surface area (Å²) in [5.41, 5.74) is 4.66. The maximum Gasteiger partial charge on any atom is 0.137 e. The van der Waals surface area contributed by atoms with Crippen LogP contribution in [0.1, 0.15) is 121 Å². The number of nitrogens with one attached hydrogen (secondary N) is 1. The molecule has 0 saturated heterocycles. The molecule has 3 atom stereocenters. The van der Waals surface area contributed by atoms with Crippen molar-refractivity contribution < 1.29 is 13.7 Å². The Labute approximate surface area is 228 Å². The highest BCUT2D eigenvalue weighted by Crippen LogP contribution is 2.34. The number of unbranched alkanes of at least 4 members (excludes halogenated alkanes) is 1. The first-order chi connectivity index (χ1) is 17.6. The van der Waals surface area contributed by atoms with Gasteiger partial charge in [-0.1, -0.05) is 104 Å². The molecule has 4 nitrogen and oxygen atoms in total. The third-order valence-electron chi connectivity index (χ3n) is 7.10. The number of hydrogen-bond acceptors (Lipinski definition) is 3. The molecule has 0 bridgehead atoms. The van der Waals surface area contributed by atoms with Gasteiger partial charge >= 0.3 is 0 Å². The smallest absolute Gasteiger partial charge is 0.137 e. The summed E-state index contributed by atoms with van der Waals surface area (Å²) in [6.45, 7) is 18.1. The van der Waals surface area contributed by atoms with Crippen molar-refractivity contribution in [3.05, 3.63) is 64.7 Å². The van der Waals surface area contributed by atoms with Gasteiger partial charge in [-0.3, -0.25) is 4.79 Å². The molecule has 0 aliphatic carbocycles. The number of carbonyl (C=O) groups is 1. The average Bonchev–Trinajstić information content (AvgIpc) is 2.87. The van der Waals surface area contributed by atoms with Gasteiger partial charge in [0.1, 0.15) is 16.8 Å². The molecule has 5 heteroatoms. The molecule has 0 unspecified atom stereocenters. The Hall–Kier alpha value is -1.82. The van der Waals surface area contributed by atoms with Gasteiger partial charge < -0.3 is 4.74 Å². The van der Waals surface area contributed by atoms with Crippen LogP contribution in [0.3, 0.4) is 0 Å². The van der Waals surface area contributed by atoms with E-state index in [0.29, 0.717) is 32.0 Å². The topological polar surface area (TPSA) is 55.4 Å². The summed E-state index contributed by atoms with van der Waals surface area (Å²) in [5, 5.41) is 0. The van der Waals surface area contributed by atoms with E-state index in [1.807, 2.05) is 37.3 Å². The molecular formula is C32H49NO3S. The van der Waals surface area contributed by atoms with Crippen LogP contribution in [0.5, 0.6) is 0 Å². The first-order valence-corrected chi connectivity index (χ1v) is 15.2. The summed E-state index contributed by atoms with van der Waals surface area (Å²) in [6, 6.07) is 14.3. The zero-order valence-electron chi connectivity index (χ0n) is 24.3. The second-order valence-electron chi connectivity index (χ2n) is 11.2. The Morgan fingerprint density at radius 3 is 2.03 bits per heavy atom. The van der Waals surface area contributed by atoms with Crippen LogP contribution in [-0.4, -0.2) is 22.6 Å². The molecule has 0 spiro atoms. The minimum Gasteiger partial charge on any atom is -0.377 e. The van der Waals surface area contributed by atoms with Gasteiger partial charge in [0.25, 0.3) is 0 Å². The van der Waals surface area contributed by atoms with Gasteiger partial charge in [-0.2, -0.15) is 0 Å². The van der Waals surface area contributed by atoms with Crippen molar-refractivity contribution in [3.63, 3.8) is 0 Å². The molecule has 0 radical (unpaired) electrons. The molecule has 0 aliphatic heterocycles. The van der Waals surface area contributed by atoms with Gasteiger partial charge in [0.2, 0.25) is 0 Å². The summed E-state index contributed by atoms with van der Waals surface area (Å²) in [7, 11) is -1.44. The summed E-state index contributed by atoms with van der Waals surface area (Å²) in [6.07, 6.45) is 3.05. The molecule has 206 valence electrons. The molecule has 2 aromatic carbocycles. The van der Waals surface area contributed by atoms with Crippen LogP contribution >= 0.6 is 0 Å². The van der Waals surface area contributed by atoms with Crippen LogP contribution in [0, 0.1) is 5.92 Å². The van der Waals surface area contributed by atoms with Crippen molar-refractivity contribution in [1.29, 1.82) is 0 Å². The maximum absolute atomic E-state index is 14.0. The van der Waals surface area contributed by atoms with Crippen LogP contribution < -0.4 is 4.72 Å². The van der Waals surface area contributed by atoms with E-state index < -0.39 is 11.0 Å². The predicted octanol–water partition coefficient (Wildman–Crippen LogP) is 8.04. The molecule has 0 aliphatic rings. The summed E-state index contributed by atoms with van der Waals surface area (Å²) in [5.74, 6) is 0.871. The summed E-state index contributed by atoms with van der Waals surface area (Å²) in [4.78, 5) is 13.9. The fourth-order valence-corrected chi connectivity index (χ4v) is 6.22. The Bertz CT molecular complexity index is 971. The van der Waals surface area contributed by atoms with E-state index in [4.69, 9.17) is 4.74 Å². The van der Waals surface area contributed by atoms with E-state index in [0.717, 1.165) is 34.4 Å². The van der Waals surface area contributed by atoms with Crippen LogP contribution in [0.15, 0.2) is 47.4 Å². The lowest BCUT2D eigenvalue weighted by molar-refractivity contribution is -0.123. The summed E-state index contributed by atoms with van der Waals surface area (Å²) >= 11 is 0. The number of Topliss-reactive ketones (excluding diaryl/α,β-unsaturated/α-hetero) is 1. The van der Waals surface area contributed by atoms with E-state index in [1.165, 1.54) is 5.56 Å². The fraction of sp³-hybridized carbons (Fsp3) is 0.594. The SMILES string of the molecule is CCCCC(=O)[C@@H](C)[C@@H](CCOCc1ccccc1)N[S@](=O)c1c(C(C)C)cc(C(C)C)cc1C(C)C. The molecule has 37 heavy (non-hydrogen) atoms. The minimum absolute atomic E-state index is 0.225. The van der Waals surface area contributed by atoms with Crippen molar-refractivity contribution in [1.82, 2.24) is 4.72 Å². The lowest BCUT2D eigenvalue weighted by atomic mass is 9.89. The van der Waals surface area contributed by atoms with Gasteiger partial charge in [0, 0.05) is 25.0 Å². The Morgan fingerprint density at radius 2 is 1.51 bits per heavy atom. The van der Waals surface area contributed by atoms with Crippen LogP contribution in [0.4, 0.5) is 0 Å². The largest absolute Gasteiger partial charge is 0.377 e. The van der Waals surface area contributed by atoms with Gasteiger partial charge in [-0.25, -0.2) is 8.93 Å². The van der Waals surface area contributed by atoms with E-state index in [9.17, 15) is 9.00 Å². The number of hydrogen-bond donors (Lipinski definition) is 1. The van der Waals surface area contributed by atoms with Crippen molar-refractivity contribution in [2.75, 3.05) is 6.61 Å². The van der Waals surface area contributed by atoms with Crippen molar-refractivity contribution in [2.24, 2.45) is 5.92 Å². The third kappa shape index (κ3) is 9.46. The molecule has 2 aromatic rings. The average molecular weight is 528 g/mol. The number of ketones is 1. The second-order valence-corrected chi connectivity index (χ2v) is 12.4. The minimum atomic E-state index is -1.44. The van der Waals surface area contributed by atoms with E-state index in [2.05, 4.69) is 65.3 Å². The monoisotopic (exact) mass is 527 g/mol. The van der Waals surface area contributed by atoms with E-state index >= 15 is 0 Å². The van der Waals surface area contributed by atoms with Gasteiger partial charge in [0.15, 0.2) is 0 Å². The molecule has 2 rings (SSSR count). The number of carbonyl (C=O) groups excluding carboxylic acids is 1. The predicted molar refractivity (Wildman–Crippen MR) is 156 cm³/mol. The number of benzene rings is 2. The van der Waals surface area contributed by atoms with Crippen LogP contribution in [-0.2, 0) is 27.1 Å². The molecular weight excluding hydrogens is 478 g/mol. The molecule has 0 amide bonds. The van der Waals surface area contributed by atoms with Gasteiger partial charge in [0.05, 0.1) is 11.5 Å². The van der Waals surface area contributed by atoms with Crippen molar-refractivity contribution in [2.45, 2.75) is 116 Å². The third-order valence-corrected chi connectivity index (χ3v) is 8.46. The normalized spacial score (nSPS) is 14.4. The van der Waals surface area contributed by atoms with Gasteiger partial charge in [-0.15, -0.1) is 0 Å². The molecule has 0 aromatic heterocycles. The Morgan fingerprint density at radius 1 is 0.919 bits per heavy atom. The lowest BCUT2D eigenvalue weighted by Gasteiger charge is -2.27. The highest BCUT2D eigenvalue weighted by atomic mass is 32.2. The highest BCUT2D eigenvalue weighted by molar-refractivity contribution is 7.83. The number of rotatable bonds is 16. The van der Waals surface area contributed by atoms with Crippen LogP contribution in [0.25, 0.3) is 0 Å². The van der Waals surface area contributed by atoms with Crippen molar-refractivity contribution >= 4 is 16.8 Å². The highest BCUT2D eigenvalue weighted by Gasteiger charge is 2.28. The first kappa shape index (κ1) is 31.4. The maximum atomic E-state index is 14.0. The zero-order chi connectivity index (χ0) is 27.5. The Kier molecular flexibility index (Phi) is 13.2. The molecule has 0 fully saturated rings. The summed E-state index contributed by atoms with van der Waals surface area (Å²) < 4.78 is 23.4. The Balaban J connectivity index is 2.30. The van der Waals surface area contributed by atoms with Crippen LogP contribution in [0.2, 0.25) is 0 Å².